The number of benzene rings is 5. The van der Waals surface area contributed by atoms with Crippen molar-refractivity contribution in [1.29, 1.82) is 0 Å². The van der Waals surface area contributed by atoms with Gasteiger partial charge in [-0.05, 0) is 0 Å². The van der Waals surface area contributed by atoms with E-state index < -0.39 is 22.6 Å². The Morgan fingerprint density at radius 1 is 0.489 bits per heavy atom. The molecule has 45 heavy (non-hydrogen) atoms. The van der Waals surface area contributed by atoms with Crippen molar-refractivity contribution in [3.8, 4) is 22.3 Å². The van der Waals surface area contributed by atoms with E-state index in [1.165, 1.54) is 55.6 Å². The molecule has 224 valence electrons. The molecule has 0 saturated heterocycles. The third-order valence-corrected chi connectivity index (χ3v) is 66.6. The summed E-state index contributed by atoms with van der Waals surface area (Å²) in [6.07, 6.45) is 10.3. The van der Waals surface area contributed by atoms with Gasteiger partial charge in [0.25, 0.3) is 0 Å². The van der Waals surface area contributed by atoms with Crippen LogP contribution >= 0.6 is 0 Å². The van der Waals surface area contributed by atoms with Crippen LogP contribution in [-0.4, -0.2) is 5.49 Å². The number of fused-ring (bicyclic) bond motifs is 2. The minimum absolute atomic E-state index is 0.478. The maximum absolute atomic E-state index is 4.06. The number of aryl methyl sites for hydroxylation is 2. The van der Waals surface area contributed by atoms with Crippen LogP contribution in [0.15, 0.2) is 115 Å². The summed E-state index contributed by atoms with van der Waals surface area (Å²) < 4.78 is 6.63. The minimum atomic E-state index is -4.06. The first-order valence-electron chi connectivity index (χ1n) is 16.5. The van der Waals surface area contributed by atoms with Crippen LogP contribution in [-0.2, 0) is 17.1 Å². The number of rotatable bonds is 5. The Bertz CT molecular complexity index is 2000. The second kappa shape index (κ2) is 11.2. The molecule has 2 heteroatoms. The average Bonchev–Trinajstić information content (AvgIpc) is 3.70. The number of hydrogen-bond acceptors (Lipinski definition) is 0. The first-order chi connectivity index (χ1) is 21.6. The fourth-order valence-corrected chi connectivity index (χ4v) is 51.9. The Balaban J connectivity index is 1.48. The van der Waals surface area contributed by atoms with Gasteiger partial charge in [-0.3, -0.25) is 0 Å². The van der Waals surface area contributed by atoms with E-state index in [0.29, 0.717) is 7.35 Å². The molecule has 0 fully saturated rings. The van der Waals surface area contributed by atoms with Gasteiger partial charge in [-0.2, -0.15) is 0 Å². The van der Waals surface area contributed by atoms with E-state index in [4.69, 9.17) is 0 Å². The van der Waals surface area contributed by atoms with Gasteiger partial charge in [0.2, 0.25) is 0 Å². The van der Waals surface area contributed by atoms with E-state index in [1.807, 2.05) is 0 Å². The molecule has 7 rings (SSSR count). The van der Waals surface area contributed by atoms with E-state index in [-0.39, 0.29) is 0 Å². The Labute approximate surface area is 271 Å². The topological polar surface area (TPSA) is 0 Å². The second-order valence-electron chi connectivity index (χ2n) is 14.4. The predicted octanol–water partition coefficient (Wildman–Crippen LogP) is 11.4. The van der Waals surface area contributed by atoms with Gasteiger partial charge in [0.1, 0.15) is 0 Å². The van der Waals surface area contributed by atoms with Crippen molar-refractivity contribution in [2.24, 2.45) is 0 Å². The summed E-state index contributed by atoms with van der Waals surface area (Å²) in [4.78, 5) is 0. The normalized spacial score (nSPS) is 17.0. The van der Waals surface area contributed by atoms with Gasteiger partial charge in [0.05, 0.1) is 0 Å². The monoisotopic (exact) mass is 768 g/mol. The zero-order valence-corrected chi connectivity index (χ0v) is 32.4. The SMILES string of the molecule is Cc1cccc(-c2cccc3c2C=C[CH]3[Hf]([CH3])([CH3])([CH]2C=Cc3c(-c4cccc(C)c4C)cccc32)=[Si](C)c2ccccc2)c1C. The van der Waals surface area contributed by atoms with Crippen LogP contribution in [0.1, 0.15) is 51.9 Å². The predicted molar refractivity (Wildman–Crippen MR) is 196 cm³/mol. The number of allylic oxidation sites excluding steroid dienone is 2. The molecule has 0 aromatic heterocycles. The molecular formula is C43H44HfSi. The van der Waals surface area contributed by atoms with Crippen LogP contribution in [0.5, 0.6) is 0 Å². The molecule has 0 saturated carbocycles. The van der Waals surface area contributed by atoms with Crippen molar-refractivity contribution < 1.29 is 17.1 Å². The first kappa shape index (κ1) is 30.3. The van der Waals surface area contributed by atoms with Crippen LogP contribution in [0.4, 0.5) is 0 Å². The summed E-state index contributed by atoms with van der Waals surface area (Å²) >= 11 is -4.06. The summed E-state index contributed by atoms with van der Waals surface area (Å²) in [5.41, 5.74) is 16.1. The molecule has 0 amide bonds. The quantitative estimate of drug-likeness (QED) is 0.156. The summed E-state index contributed by atoms with van der Waals surface area (Å²) in [5, 5.41) is 1.59. The van der Waals surface area contributed by atoms with Crippen molar-refractivity contribution in [1.82, 2.24) is 0 Å². The van der Waals surface area contributed by atoms with Crippen molar-refractivity contribution >= 4 is 22.8 Å². The summed E-state index contributed by atoms with van der Waals surface area (Å²) in [6, 6.07) is 39.3. The standard InChI is InChI=1S/2C17H15.C7H8Si.2CH3.Hf/c2*1-12-6-3-9-15(13(12)2)17-11-5-8-14-7-4-10-16(14)17;1-8-7-5-3-2-4-6-7;;;/h2*3-11H,1-2H3;2-6H,1H3;2*1H3;. The zero-order chi connectivity index (χ0) is 31.5. The summed E-state index contributed by atoms with van der Waals surface area (Å²) in [6.45, 7) is 11.7. The Kier molecular flexibility index (Phi) is 7.53. The van der Waals surface area contributed by atoms with Gasteiger partial charge in [-0.25, -0.2) is 0 Å². The van der Waals surface area contributed by atoms with Crippen molar-refractivity contribution in [3.63, 3.8) is 0 Å². The van der Waals surface area contributed by atoms with E-state index in [1.54, 1.807) is 16.3 Å². The molecule has 5 aromatic rings. The van der Waals surface area contributed by atoms with Gasteiger partial charge in [-0.15, -0.1) is 0 Å². The van der Waals surface area contributed by atoms with Crippen LogP contribution in [0.2, 0.25) is 15.9 Å². The Morgan fingerprint density at radius 3 is 1.38 bits per heavy atom. The fourth-order valence-electron chi connectivity index (χ4n) is 8.58. The molecule has 2 aliphatic carbocycles. The van der Waals surface area contributed by atoms with Gasteiger partial charge in [-0.1, -0.05) is 0 Å². The molecule has 0 heterocycles. The molecule has 2 unspecified atom stereocenters. The zero-order valence-electron chi connectivity index (χ0n) is 27.8. The second-order valence-corrected chi connectivity index (χ2v) is 60.4. The molecule has 0 nitrogen and oxygen atoms in total. The fraction of sp³-hybridized carbons (Fsp3) is 0.209. The Morgan fingerprint density at radius 2 is 0.911 bits per heavy atom. The molecule has 5 aromatic carbocycles. The third-order valence-electron chi connectivity index (χ3n) is 12.0. The Hall–Kier alpha value is -3.33. The number of hydrogen-bond donors (Lipinski definition) is 0. The first-order valence-corrected chi connectivity index (χ1v) is 35.2. The van der Waals surface area contributed by atoms with E-state index in [0.717, 1.165) is 0 Å². The molecule has 0 N–H and O–H groups in total. The molecule has 0 spiro atoms. The average molecular weight is 767 g/mol. The van der Waals surface area contributed by atoms with E-state index in [2.05, 4.69) is 171 Å². The molecule has 0 aliphatic heterocycles. The van der Waals surface area contributed by atoms with Crippen LogP contribution in [0.25, 0.3) is 34.4 Å². The van der Waals surface area contributed by atoms with E-state index in [9.17, 15) is 0 Å². The molecule has 0 radical (unpaired) electrons. The van der Waals surface area contributed by atoms with Crippen molar-refractivity contribution in [2.75, 3.05) is 0 Å². The van der Waals surface area contributed by atoms with Crippen LogP contribution in [0, 0.1) is 27.7 Å². The van der Waals surface area contributed by atoms with Crippen LogP contribution < -0.4 is 5.19 Å². The van der Waals surface area contributed by atoms with Gasteiger partial charge >= 0.3 is 273 Å². The summed E-state index contributed by atoms with van der Waals surface area (Å²) in [5.74, 6) is 0. The molecule has 2 aliphatic rings. The van der Waals surface area contributed by atoms with E-state index >= 15 is 0 Å². The van der Waals surface area contributed by atoms with Crippen molar-refractivity contribution in [2.45, 2.75) is 51.0 Å². The van der Waals surface area contributed by atoms with Crippen molar-refractivity contribution in [3.05, 3.63) is 160 Å². The van der Waals surface area contributed by atoms with Crippen LogP contribution in [0.3, 0.4) is 0 Å². The molecule has 2 atom stereocenters. The van der Waals surface area contributed by atoms with Gasteiger partial charge < -0.3 is 0 Å². The molecule has 0 bridgehead atoms. The molecular weight excluding hydrogens is 723 g/mol. The summed E-state index contributed by atoms with van der Waals surface area (Å²) in [7, 11) is 0. The van der Waals surface area contributed by atoms with Gasteiger partial charge in [0, 0.05) is 0 Å². The maximum atomic E-state index is 2.84. The van der Waals surface area contributed by atoms with Gasteiger partial charge in [0.15, 0.2) is 0 Å². The third kappa shape index (κ3) is 4.62.